The molecule has 0 aromatic carbocycles. The van der Waals surface area contributed by atoms with Gasteiger partial charge < -0.3 is 29.7 Å². The second kappa shape index (κ2) is 14.9. The third-order valence-corrected chi connectivity index (χ3v) is 1.05. The van der Waals surface area contributed by atoms with Gasteiger partial charge in [-0.1, -0.05) is 19.7 Å². The van der Waals surface area contributed by atoms with E-state index in [9.17, 15) is 29.7 Å². The van der Waals surface area contributed by atoms with E-state index in [2.05, 4.69) is 19.7 Å². The SMILES string of the molecule is C=C(C)C(=O)[O-].C=C(C)C(=O)[O-].C=C(C)C(=O)[O-].[La+3]. The summed E-state index contributed by atoms with van der Waals surface area (Å²) >= 11 is 0. The standard InChI is InChI=1S/3C4H6O2.La/c3*1-3(2)4(5)6;/h3*1H2,2H3,(H,5,6);/q;;;+3/p-3. The number of carbonyl (C=O) groups excluding carboxylic acids is 3. The third kappa shape index (κ3) is 31.6. The van der Waals surface area contributed by atoms with E-state index in [0.717, 1.165) is 0 Å². The van der Waals surface area contributed by atoms with Crippen molar-refractivity contribution >= 4 is 17.9 Å². The average molecular weight is 394 g/mol. The number of hydrogen-bond donors (Lipinski definition) is 0. The van der Waals surface area contributed by atoms with Crippen LogP contribution < -0.4 is 15.3 Å². The summed E-state index contributed by atoms with van der Waals surface area (Å²) in [5.41, 5.74) is 0.194. The minimum absolute atomic E-state index is 0. The smallest absolute Gasteiger partial charge is 0.545 e. The molecule has 0 saturated heterocycles. The zero-order chi connectivity index (χ0) is 15.5. The molecule has 0 heterocycles. The minimum Gasteiger partial charge on any atom is -0.545 e. The maximum Gasteiger partial charge on any atom is 3.00 e. The van der Waals surface area contributed by atoms with E-state index in [1.807, 2.05) is 0 Å². The molecule has 0 aliphatic carbocycles. The molecule has 102 valence electrons. The van der Waals surface area contributed by atoms with Crippen molar-refractivity contribution < 1.29 is 65.3 Å². The molecule has 0 aromatic heterocycles. The van der Waals surface area contributed by atoms with Gasteiger partial charge in [0.05, 0.1) is 17.9 Å². The molecule has 0 N–H and O–H groups in total. The zero-order valence-corrected chi connectivity index (χ0v) is 14.8. The minimum atomic E-state index is -1.19. The maximum atomic E-state index is 9.49. The molecule has 0 fully saturated rings. The Morgan fingerprint density at radius 1 is 0.632 bits per heavy atom. The Morgan fingerprint density at radius 3 is 0.684 bits per heavy atom. The zero-order valence-electron chi connectivity index (χ0n) is 11.1. The van der Waals surface area contributed by atoms with Gasteiger partial charge in [0.2, 0.25) is 0 Å². The largest absolute Gasteiger partial charge is 3.00 e. The van der Waals surface area contributed by atoms with Crippen LogP contribution in [0.3, 0.4) is 0 Å². The van der Waals surface area contributed by atoms with Crippen LogP contribution in [0.2, 0.25) is 0 Å². The van der Waals surface area contributed by atoms with Gasteiger partial charge in [-0.3, -0.25) is 0 Å². The fourth-order valence-corrected chi connectivity index (χ4v) is 0. The molecule has 19 heavy (non-hydrogen) atoms. The van der Waals surface area contributed by atoms with Crippen LogP contribution in [-0.2, 0) is 14.4 Å². The molecule has 0 spiro atoms. The molecule has 0 radical (unpaired) electrons. The Morgan fingerprint density at radius 2 is 0.684 bits per heavy atom. The summed E-state index contributed by atoms with van der Waals surface area (Å²) < 4.78 is 0. The van der Waals surface area contributed by atoms with E-state index < -0.39 is 17.9 Å². The van der Waals surface area contributed by atoms with Crippen LogP contribution in [0, 0.1) is 35.6 Å². The molecule has 0 unspecified atom stereocenters. The fraction of sp³-hybridized carbons (Fsp3) is 0.250. The van der Waals surface area contributed by atoms with Gasteiger partial charge in [-0.05, 0) is 37.5 Å². The second-order valence-corrected chi connectivity index (χ2v) is 3.20. The first kappa shape index (κ1) is 26.4. The molecular weight excluding hydrogens is 379 g/mol. The Labute approximate surface area is 140 Å². The van der Waals surface area contributed by atoms with Crippen LogP contribution in [0.1, 0.15) is 20.8 Å². The van der Waals surface area contributed by atoms with E-state index >= 15 is 0 Å². The number of carbonyl (C=O) groups is 3. The van der Waals surface area contributed by atoms with Gasteiger partial charge in [0.1, 0.15) is 0 Å². The Kier molecular flexibility index (Phi) is 20.7. The van der Waals surface area contributed by atoms with Crippen LogP contribution in [0.15, 0.2) is 36.5 Å². The number of hydrogen-bond acceptors (Lipinski definition) is 6. The molecule has 0 bridgehead atoms. The van der Waals surface area contributed by atoms with Gasteiger partial charge in [-0.15, -0.1) is 0 Å². The average Bonchev–Trinajstić information content (AvgIpc) is 2.18. The van der Waals surface area contributed by atoms with E-state index in [4.69, 9.17) is 0 Å². The number of carboxylic acid groups (broad SMARTS) is 3. The molecule has 0 rings (SSSR count). The summed E-state index contributed by atoms with van der Waals surface area (Å²) in [6.45, 7) is 13.4. The van der Waals surface area contributed by atoms with Crippen molar-refractivity contribution in [3.8, 4) is 0 Å². The van der Waals surface area contributed by atoms with Crippen molar-refractivity contribution in [2.24, 2.45) is 0 Å². The van der Waals surface area contributed by atoms with Gasteiger partial charge in [-0.2, -0.15) is 0 Å². The van der Waals surface area contributed by atoms with Crippen molar-refractivity contribution in [3.05, 3.63) is 36.5 Å². The van der Waals surface area contributed by atoms with Crippen molar-refractivity contribution in [2.45, 2.75) is 20.8 Å². The Balaban J connectivity index is -0.0000000865. The third-order valence-electron chi connectivity index (χ3n) is 1.05. The summed E-state index contributed by atoms with van der Waals surface area (Å²) in [5.74, 6) is -3.56. The first-order valence-corrected chi connectivity index (χ1v) is 4.54. The van der Waals surface area contributed by atoms with E-state index in [1.54, 1.807) is 0 Å². The second-order valence-electron chi connectivity index (χ2n) is 3.20. The fourth-order valence-electron chi connectivity index (χ4n) is 0. The number of carboxylic acids is 3. The molecule has 6 nitrogen and oxygen atoms in total. The van der Waals surface area contributed by atoms with Crippen molar-refractivity contribution in [1.82, 2.24) is 0 Å². The molecule has 0 saturated carbocycles. The monoisotopic (exact) mass is 394 g/mol. The van der Waals surface area contributed by atoms with E-state index in [0.29, 0.717) is 0 Å². The van der Waals surface area contributed by atoms with Crippen LogP contribution in [0.25, 0.3) is 0 Å². The molecule has 0 aromatic rings. The van der Waals surface area contributed by atoms with Gasteiger partial charge >= 0.3 is 35.6 Å². The summed E-state index contributed by atoms with van der Waals surface area (Å²) in [6, 6.07) is 0. The topological polar surface area (TPSA) is 120 Å². The Bertz CT molecular complexity index is 277. The predicted octanol–water partition coefficient (Wildman–Crippen LogP) is -2.06. The van der Waals surface area contributed by atoms with Gasteiger partial charge in [0.25, 0.3) is 0 Å². The quantitative estimate of drug-likeness (QED) is 0.508. The molecular formula is C12H15LaO6. The predicted molar refractivity (Wildman–Crippen MR) is 59.5 cm³/mol. The van der Waals surface area contributed by atoms with Crippen LogP contribution in [0.4, 0.5) is 0 Å². The summed E-state index contributed by atoms with van der Waals surface area (Å²) in [4.78, 5) is 28.5. The van der Waals surface area contributed by atoms with Gasteiger partial charge in [0.15, 0.2) is 0 Å². The summed E-state index contributed by atoms with van der Waals surface area (Å²) in [7, 11) is 0. The summed E-state index contributed by atoms with van der Waals surface area (Å²) in [5, 5.41) is 28.5. The van der Waals surface area contributed by atoms with Crippen molar-refractivity contribution in [1.29, 1.82) is 0 Å². The van der Waals surface area contributed by atoms with Gasteiger partial charge in [-0.25, -0.2) is 0 Å². The van der Waals surface area contributed by atoms with Crippen molar-refractivity contribution in [2.75, 3.05) is 0 Å². The number of aliphatic carboxylic acids is 3. The normalized spacial score (nSPS) is 7.11. The summed E-state index contributed by atoms with van der Waals surface area (Å²) in [6.07, 6.45) is 0. The Hall–Kier alpha value is -1.18. The molecule has 7 heteroatoms. The molecule has 0 amide bonds. The van der Waals surface area contributed by atoms with Crippen LogP contribution >= 0.6 is 0 Å². The first-order valence-electron chi connectivity index (χ1n) is 4.54. The van der Waals surface area contributed by atoms with Crippen LogP contribution in [-0.4, -0.2) is 17.9 Å². The van der Waals surface area contributed by atoms with Gasteiger partial charge in [0, 0.05) is 0 Å². The van der Waals surface area contributed by atoms with E-state index in [1.165, 1.54) is 20.8 Å². The maximum absolute atomic E-state index is 9.49. The number of rotatable bonds is 3. The molecule has 0 aliphatic heterocycles. The van der Waals surface area contributed by atoms with Crippen LogP contribution in [0.5, 0.6) is 0 Å². The van der Waals surface area contributed by atoms with Crippen molar-refractivity contribution in [3.63, 3.8) is 0 Å². The van der Waals surface area contributed by atoms with E-state index in [-0.39, 0.29) is 52.3 Å². The first-order chi connectivity index (χ1) is 7.93. The molecule has 0 aliphatic rings. The molecule has 0 atom stereocenters.